The molecule has 0 aliphatic carbocycles. The fraction of sp³-hybridized carbons (Fsp3) is 0.308. The molecule has 1 aliphatic rings. The molecule has 2 aromatic carbocycles. The Morgan fingerprint density at radius 1 is 1.03 bits per heavy atom. The first kappa shape index (κ1) is 25.5. The van der Waals surface area contributed by atoms with Gasteiger partial charge in [-0.3, -0.25) is 10.1 Å². The summed E-state index contributed by atoms with van der Waals surface area (Å²) in [6.45, 7) is 1.74. The Kier molecular flexibility index (Phi) is 8.61. The number of methoxy groups -OCH3 is 1. The highest BCUT2D eigenvalue weighted by atomic mass is 16.6. The van der Waals surface area contributed by atoms with E-state index in [9.17, 15) is 24.8 Å². The average Bonchev–Trinajstić information content (AvgIpc) is 2.85. The first-order chi connectivity index (χ1) is 16.8. The molecule has 0 saturated carbocycles. The molecule has 0 bridgehead atoms. The van der Waals surface area contributed by atoms with Gasteiger partial charge in [0.15, 0.2) is 5.88 Å². The maximum atomic E-state index is 13.1. The van der Waals surface area contributed by atoms with Crippen LogP contribution in [0, 0.1) is 10.1 Å². The van der Waals surface area contributed by atoms with Gasteiger partial charge in [0.1, 0.15) is 5.57 Å². The number of hydrogen-bond donors (Lipinski definition) is 2. The second kappa shape index (κ2) is 11.8. The number of allylic oxidation sites excluding steroid dienone is 1. The number of aryl methyl sites for hydroxylation is 1. The van der Waals surface area contributed by atoms with E-state index in [0.717, 1.165) is 26.4 Å². The highest BCUT2D eigenvalue weighted by molar-refractivity contribution is 5.99. The number of benzene rings is 2. The molecule has 35 heavy (non-hydrogen) atoms. The molecular formula is C26H28N2O7. The van der Waals surface area contributed by atoms with E-state index < -0.39 is 28.7 Å². The number of unbranched alkanes of at least 4 members (excludes halogenated alkanes) is 2. The topological polar surface area (TPSA) is 128 Å². The molecule has 0 aromatic heterocycles. The Labute approximate surface area is 203 Å². The summed E-state index contributed by atoms with van der Waals surface area (Å²) >= 11 is 0. The van der Waals surface area contributed by atoms with Gasteiger partial charge in [-0.2, -0.15) is 0 Å². The summed E-state index contributed by atoms with van der Waals surface area (Å²) in [7, 11) is 1.14. The van der Waals surface area contributed by atoms with E-state index in [1.807, 2.05) is 18.2 Å². The number of carbonyl (C=O) groups is 2. The summed E-state index contributed by atoms with van der Waals surface area (Å²) in [6, 6.07) is 15.7. The van der Waals surface area contributed by atoms with Crippen LogP contribution in [0.25, 0.3) is 0 Å². The first-order valence-electron chi connectivity index (χ1n) is 11.3. The third-order valence-electron chi connectivity index (χ3n) is 5.77. The minimum absolute atomic E-state index is 0.0768. The zero-order chi connectivity index (χ0) is 25.4. The minimum Gasteiger partial charge on any atom is -0.494 e. The molecule has 0 saturated heterocycles. The Morgan fingerprint density at radius 2 is 1.77 bits per heavy atom. The molecular weight excluding hydrogens is 452 g/mol. The standard InChI is InChI=1S/C26H28N2O7/c1-17-21(26(31)35-15-8-4-7-12-18-10-5-3-6-11-18)22(23(24(29)27-17)25(30)34-2)19-13-9-14-20(16-19)28(32)33/h3,5-6,9-11,13-14,16,22,27,29H,4,7-8,12,15H2,1-2H3. The van der Waals surface area contributed by atoms with Crippen molar-refractivity contribution in [1.82, 2.24) is 5.32 Å². The van der Waals surface area contributed by atoms with Crippen LogP contribution >= 0.6 is 0 Å². The lowest BCUT2D eigenvalue weighted by Crippen LogP contribution is -2.33. The third-order valence-corrected chi connectivity index (χ3v) is 5.77. The highest BCUT2D eigenvalue weighted by Gasteiger charge is 2.39. The van der Waals surface area contributed by atoms with Crippen LogP contribution in [0.2, 0.25) is 0 Å². The zero-order valence-electron chi connectivity index (χ0n) is 19.7. The molecule has 1 aliphatic heterocycles. The van der Waals surface area contributed by atoms with Crippen molar-refractivity contribution in [2.75, 3.05) is 13.7 Å². The van der Waals surface area contributed by atoms with E-state index in [-0.39, 0.29) is 34.7 Å². The van der Waals surface area contributed by atoms with Crippen LogP contribution in [0.1, 0.15) is 43.2 Å². The molecule has 184 valence electrons. The Balaban J connectivity index is 1.75. The van der Waals surface area contributed by atoms with Gasteiger partial charge in [-0.05, 0) is 43.7 Å². The largest absolute Gasteiger partial charge is 0.494 e. The second-order valence-electron chi connectivity index (χ2n) is 8.13. The molecule has 2 aromatic rings. The lowest BCUT2D eigenvalue weighted by atomic mass is 9.81. The van der Waals surface area contributed by atoms with Crippen molar-refractivity contribution in [2.45, 2.75) is 38.5 Å². The summed E-state index contributed by atoms with van der Waals surface area (Å²) < 4.78 is 10.3. The van der Waals surface area contributed by atoms with E-state index in [0.29, 0.717) is 6.42 Å². The smallest absolute Gasteiger partial charge is 0.340 e. The Hall–Kier alpha value is -4.14. The summed E-state index contributed by atoms with van der Waals surface area (Å²) in [4.78, 5) is 36.4. The number of non-ortho nitro benzene ring substituents is 1. The van der Waals surface area contributed by atoms with E-state index >= 15 is 0 Å². The van der Waals surface area contributed by atoms with Crippen molar-refractivity contribution in [3.05, 3.63) is 98.6 Å². The van der Waals surface area contributed by atoms with Gasteiger partial charge >= 0.3 is 11.9 Å². The monoisotopic (exact) mass is 480 g/mol. The SMILES string of the molecule is COC(=O)C1=C(O)NC(C)=C(C(=O)OCCCCCc2ccccc2)C1c1cccc([N+](=O)[O-])c1. The summed E-state index contributed by atoms with van der Waals surface area (Å²) in [5.74, 6) is -3.13. The van der Waals surface area contributed by atoms with Gasteiger partial charge in [-0.25, -0.2) is 9.59 Å². The second-order valence-corrected chi connectivity index (χ2v) is 8.13. The van der Waals surface area contributed by atoms with Crippen LogP contribution in [-0.2, 0) is 25.5 Å². The minimum atomic E-state index is -1.10. The maximum Gasteiger partial charge on any atom is 0.340 e. The number of carbonyl (C=O) groups excluding carboxylic acids is 2. The van der Waals surface area contributed by atoms with E-state index in [1.165, 1.54) is 23.8 Å². The number of nitro benzene ring substituents is 1. The quantitative estimate of drug-likeness (QED) is 0.221. The fourth-order valence-corrected chi connectivity index (χ4v) is 4.05. The van der Waals surface area contributed by atoms with Crippen LogP contribution in [-0.4, -0.2) is 35.7 Å². The van der Waals surface area contributed by atoms with Crippen molar-refractivity contribution in [2.24, 2.45) is 0 Å². The van der Waals surface area contributed by atoms with Crippen molar-refractivity contribution in [1.29, 1.82) is 0 Å². The van der Waals surface area contributed by atoms with Gasteiger partial charge in [0, 0.05) is 17.8 Å². The molecule has 0 amide bonds. The van der Waals surface area contributed by atoms with Gasteiger partial charge in [-0.15, -0.1) is 0 Å². The van der Waals surface area contributed by atoms with Crippen LogP contribution in [0.15, 0.2) is 77.3 Å². The number of ether oxygens (including phenoxy) is 2. The Morgan fingerprint density at radius 3 is 2.46 bits per heavy atom. The van der Waals surface area contributed by atoms with Gasteiger partial charge in [0.2, 0.25) is 0 Å². The van der Waals surface area contributed by atoms with Crippen molar-refractivity contribution in [3.63, 3.8) is 0 Å². The van der Waals surface area contributed by atoms with Gasteiger partial charge in [0.25, 0.3) is 5.69 Å². The fourth-order valence-electron chi connectivity index (χ4n) is 4.05. The van der Waals surface area contributed by atoms with Crippen molar-refractivity contribution in [3.8, 4) is 0 Å². The van der Waals surface area contributed by atoms with Gasteiger partial charge in [-0.1, -0.05) is 42.5 Å². The zero-order valence-corrected chi connectivity index (χ0v) is 19.7. The average molecular weight is 481 g/mol. The summed E-state index contributed by atoms with van der Waals surface area (Å²) in [5.41, 5.74) is 1.44. The molecule has 1 atom stereocenters. The number of esters is 2. The third kappa shape index (κ3) is 6.26. The first-order valence-corrected chi connectivity index (χ1v) is 11.3. The predicted octanol–water partition coefficient (Wildman–Crippen LogP) is 4.45. The number of nitrogens with zero attached hydrogens (tertiary/aromatic N) is 1. The number of aliphatic hydroxyl groups is 1. The van der Waals surface area contributed by atoms with Crippen molar-refractivity contribution < 1.29 is 29.1 Å². The van der Waals surface area contributed by atoms with Crippen LogP contribution in [0.5, 0.6) is 0 Å². The number of dihydropyridines is 1. The molecule has 0 fully saturated rings. The molecule has 1 heterocycles. The van der Waals surface area contributed by atoms with E-state index in [4.69, 9.17) is 9.47 Å². The number of nitrogens with one attached hydrogen (secondary N) is 1. The number of rotatable bonds is 10. The van der Waals surface area contributed by atoms with E-state index in [2.05, 4.69) is 17.4 Å². The van der Waals surface area contributed by atoms with E-state index in [1.54, 1.807) is 13.0 Å². The molecule has 2 N–H and O–H groups in total. The maximum absolute atomic E-state index is 13.1. The lowest BCUT2D eigenvalue weighted by Gasteiger charge is -2.28. The van der Waals surface area contributed by atoms with Crippen LogP contribution < -0.4 is 5.32 Å². The molecule has 3 rings (SSSR count). The lowest BCUT2D eigenvalue weighted by molar-refractivity contribution is -0.384. The van der Waals surface area contributed by atoms with Crippen molar-refractivity contribution >= 4 is 17.6 Å². The molecule has 9 nitrogen and oxygen atoms in total. The molecule has 9 heteroatoms. The summed E-state index contributed by atoms with van der Waals surface area (Å²) in [5, 5.41) is 24.4. The molecule has 0 radical (unpaired) electrons. The number of aliphatic hydroxyl groups excluding tert-OH is 1. The Bertz CT molecular complexity index is 1160. The number of nitro groups is 1. The van der Waals surface area contributed by atoms with Crippen LogP contribution in [0.4, 0.5) is 5.69 Å². The molecule has 0 spiro atoms. The number of hydrogen-bond acceptors (Lipinski definition) is 8. The normalized spacial score (nSPS) is 15.4. The highest BCUT2D eigenvalue weighted by Crippen LogP contribution is 2.39. The molecule has 1 unspecified atom stereocenters. The predicted molar refractivity (Wildman–Crippen MR) is 128 cm³/mol. The van der Waals surface area contributed by atoms with Crippen LogP contribution in [0.3, 0.4) is 0 Å². The van der Waals surface area contributed by atoms with Gasteiger partial charge < -0.3 is 19.9 Å². The summed E-state index contributed by atoms with van der Waals surface area (Å²) in [6.07, 6.45) is 3.40. The van der Waals surface area contributed by atoms with Gasteiger partial charge in [0.05, 0.1) is 30.1 Å².